The SMILES string of the molecule is CC(C)(C)c1nc2cnc(C(=O)O)cn2c1Br. The summed E-state index contributed by atoms with van der Waals surface area (Å²) in [6.45, 7) is 6.14. The first-order chi connectivity index (χ1) is 7.80. The van der Waals surface area contributed by atoms with Crippen LogP contribution in [0.15, 0.2) is 17.0 Å². The van der Waals surface area contributed by atoms with Gasteiger partial charge in [0, 0.05) is 11.6 Å². The molecule has 2 aromatic rings. The maximum Gasteiger partial charge on any atom is 0.356 e. The second-order valence-electron chi connectivity index (χ2n) is 4.81. The van der Waals surface area contributed by atoms with Crippen LogP contribution in [0.4, 0.5) is 0 Å². The minimum Gasteiger partial charge on any atom is -0.476 e. The van der Waals surface area contributed by atoms with Crippen LogP contribution in [0.2, 0.25) is 0 Å². The summed E-state index contributed by atoms with van der Waals surface area (Å²) in [5, 5.41) is 8.89. The van der Waals surface area contributed by atoms with Crippen LogP contribution in [0, 0.1) is 0 Å². The van der Waals surface area contributed by atoms with Crippen molar-refractivity contribution < 1.29 is 9.90 Å². The molecule has 2 aromatic heterocycles. The summed E-state index contributed by atoms with van der Waals surface area (Å²) in [5.74, 6) is -1.05. The molecule has 0 amide bonds. The standard InChI is InChI=1S/C11H12BrN3O2/c1-11(2,3)8-9(12)15-5-6(10(16)17)13-4-7(15)14-8/h4-5H,1-3H3,(H,16,17). The quantitative estimate of drug-likeness (QED) is 0.878. The van der Waals surface area contributed by atoms with Crippen molar-refractivity contribution in [3.05, 3.63) is 28.4 Å². The van der Waals surface area contributed by atoms with Gasteiger partial charge in [0.1, 0.15) is 4.60 Å². The maximum absolute atomic E-state index is 10.8. The van der Waals surface area contributed by atoms with Gasteiger partial charge in [-0.25, -0.2) is 14.8 Å². The van der Waals surface area contributed by atoms with Crippen molar-refractivity contribution in [1.82, 2.24) is 14.4 Å². The Hall–Kier alpha value is -1.43. The third-order valence-corrected chi connectivity index (χ3v) is 3.14. The van der Waals surface area contributed by atoms with E-state index < -0.39 is 5.97 Å². The molecule has 2 rings (SSSR count). The molecule has 0 aromatic carbocycles. The molecule has 0 bridgehead atoms. The molecule has 0 spiro atoms. The summed E-state index contributed by atoms with van der Waals surface area (Å²) in [7, 11) is 0. The number of imidazole rings is 1. The number of nitrogens with zero attached hydrogens (tertiary/aromatic N) is 3. The third kappa shape index (κ3) is 2.04. The molecule has 6 heteroatoms. The first-order valence-electron chi connectivity index (χ1n) is 5.08. The largest absolute Gasteiger partial charge is 0.476 e. The van der Waals surface area contributed by atoms with Crippen molar-refractivity contribution in [2.24, 2.45) is 0 Å². The Balaban J connectivity index is 2.71. The van der Waals surface area contributed by atoms with Crippen LogP contribution < -0.4 is 0 Å². The van der Waals surface area contributed by atoms with Crippen LogP contribution in [0.3, 0.4) is 0 Å². The minimum atomic E-state index is -1.05. The Kier molecular flexibility index (Phi) is 2.69. The average Bonchev–Trinajstić information content (AvgIpc) is 2.55. The first-order valence-corrected chi connectivity index (χ1v) is 5.87. The van der Waals surface area contributed by atoms with Crippen molar-refractivity contribution in [1.29, 1.82) is 0 Å². The fraction of sp³-hybridized carbons (Fsp3) is 0.364. The fourth-order valence-electron chi connectivity index (χ4n) is 1.51. The summed E-state index contributed by atoms with van der Waals surface area (Å²) >= 11 is 3.45. The highest BCUT2D eigenvalue weighted by Crippen LogP contribution is 2.29. The zero-order valence-electron chi connectivity index (χ0n) is 9.73. The van der Waals surface area contributed by atoms with Crippen molar-refractivity contribution in [2.75, 3.05) is 0 Å². The van der Waals surface area contributed by atoms with E-state index in [-0.39, 0.29) is 11.1 Å². The lowest BCUT2D eigenvalue weighted by Crippen LogP contribution is -2.12. The lowest BCUT2D eigenvalue weighted by Gasteiger charge is -2.15. The second kappa shape index (κ2) is 3.80. The van der Waals surface area contributed by atoms with Gasteiger partial charge in [0.25, 0.3) is 0 Å². The number of rotatable bonds is 1. The Morgan fingerprint density at radius 2 is 2.12 bits per heavy atom. The number of fused-ring (bicyclic) bond motifs is 1. The molecule has 0 fully saturated rings. The van der Waals surface area contributed by atoms with Gasteiger partial charge in [0.2, 0.25) is 0 Å². The number of aromatic nitrogens is 3. The van der Waals surface area contributed by atoms with Crippen LogP contribution >= 0.6 is 15.9 Å². The van der Waals surface area contributed by atoms with E-state index >= 15 is 0 Å². The van der Waals surface area contributed by atoms with Gasteiger partial charge in [-0.15, -0.1) is 0 Å². The van der Waals surface area contributed by atoms with E-state index in [4.69, 9.17) is 5.11 Å². The molecule has 90 valence electrons. The lowest BCUT2D eigenvalue weighted by molar-refractivity contribution is 0.0690. The van der Waals surface area contributed by atoms with Crippen molar-refractivity contribution in [2.45, 2.75) is 26.2 Å². The van der Waals surface area contributed by atoms with Gasteiger partial charge >= 0.3 is 5.97 Å². The third-order valence-electron chi connectivity index (χ3n) is 2.38. The van der Waals surface area contributed by atoms with Crippen molar-refractivity contribution >= 4 is 27.5 Å². The van der Waals surface area contributed by atoms with Gasteiger partial charge in [-0.1, -0.05) is 20.8 Å². The number of carbonyl (C=O) groups is 1. The summed E-state index contributed by atoms with van der Waals surface area (Å²) < 4.78 is 2.46. The number of aromatic carboxylic acids is 1. The highest BCUT2D eigenvalue weighted by molar-refractivity contribution is 9.10. The Morgan fingerprint density at radius 3 is 2.65 bits per heavy atom. The molecular formula is C11H12BrN3O2. The lowest BCUT2D eigenvalue weighted by atomic mass is 9.93. The van der Waals surface area contributed by atoms with Gasteiger partial charge < -0.3 is 5.11 Å². The zero-order chi connectivity index (χ0) is 12.8. The molecule has 0 saturated heterocycles. The first kappa shape index (κ1) is 12.0. The van der Waals surface area contributed by atoms with E-state index in [9.17, 15) is 4.79 Å². The van der Waals surface area contributed by atoms with Gasteiger partial charge in [0.15, 0.2) is 11.3 Å². The van der Waals surface area contributed by atoms with Crippen LogP contribution in [-0.4, -0.2) is 25.4 Å². The van der Waals surface area contributed by atoms with E-state index in [0.717, 1.165) is 10.3 Å². The molecule has 0 unspecified atom stereocenters. The van der Waals surface area contributed by atoms with E-state index in [1.54, 1.807) is 4.40 Å². The molecule has 0 saturated carbocycles. The number of hydrogen-bond donors (Lipinski definition) is 1. The molecule has 0 aliphatic rings. The minimum absolute atomic E-state index is 0.00365. The van der Waals surface area contributed by atoms with E-state index in [1.165, 1.54) is 12.4 Å². The average molecular weight is 298 g/mol. The van der Waals surface area contributed by atoms with Gasteiger partial charge in [-0.2, -0.15) is 0 Å². The van der Waals surface area contributed by atoms with Crippen molar-refractivity contribution in [3.63, 3.8) is 0 Å². The molecule has 0 aliphatic carbocycles. The highest BCUT2D eigenvalue weighted by Gasteiger charge is 2.23. The number of hydrogen-bond acceptors (Lipinski definition) is 3. The Bertz CT molecular complexity index is 599. The van der Waals surface area contributed by atoms with Crippen LogP contribution in [0.5, 0.6) is 0 Å². The Morgan fingerprint density at radius 1 is 1.47 bits per heavy atom. The molecule has 1 N–H and O–H groups in total. The monoisotopic (exact) mass is 297 g/mol. The van der Waals surface area contributed by atoms with E-state index in [0.29, 0.717) is 5.65 Å². The Labute approximate surface area is 107 Å². The van der Waals surface area contributed by atoms with Crippen LogP contribution in [-0.2, 0) is 5.41 Å². The molecule has 0 radical (unpaired) electrons. The van der Waals surface area contributed by atoms with Gasteiger partial charge in [0.05, 0.1) is 11.9 Å². The number of carboxylic acids is 1. The number of halogens is 1. The topological polar surface area (TPSA) is 67.5 Å². The van der Waals surface area contributed by atoms with Crippen LogP contribution in [0.25, 0.3) is 5.65 Å². The zero-order valence-corrected chi connectivity index (χ0v) is 11.3. The predicted molar refractivity (Wildman–Crippen MR) is 66.3 cm³/mol. The number of carboxylic acid groups (broad SMARTS) is 1. The summed E-state index contributed by atoms with van der Waals surface area (Å²) in [6, 6.07) is 0. The normalized spacial score (nSPS) is 12.0. The summed E-state index contributed by atoms with van der Waals surface area (Å²) in [4.78, 5) is 19.1. The van der Waals surface area contributed by atoms with Gasteiger partial charge in [-0.05, 0) is 15.9 Å². The second-order valence-corrected chi connectivity index (χ2v) is 5.56. The van der Waals surface area contributed by atoms with E-state index in [2.05, 4.69) is 25.9 Å². The van der Waals surface area contributed by atoms with Gasteiger partial charge in [-0.3, -0.25) is 4.40 Å². The van der Waals surface area contributed by atoms with Crippen molar-refractivity contribution in [3.8, 4) is 0 Å². The highest BCUT2D eigenvalue weighted by atomic mass is 79.9. The summed E-state index contributed by atoms with van der Waals surface area (Å²) in [6.07, 6.45) is 2.92. The molecular weight excluding hydrogens is 286 g/mol. The molecule has 2 heterocycles. The smallest absolute Gasteiger partial charge is 0.356 e. The molecule has 5 nitrogen and oxygen atoms in total. The molecule has 17 heavy (non-hydrogen) atoms. The fourth-order valence-corrected chi connectivity index (χ4v) is 2.48. The van der Waals surface area contributed by atoms with E-state index in [1.807, 2.05) is 20.8 Å². The summed E-state index contributed by atoms with van der Waals surface area (Å²) in [5.41, 5.74) is 1.39. The van der Waals surface area contributed by atoms with Crippen LogP contribution in [0.1, 0.15) is 37.0 Å². The predicted octanol–water partition coefficient (Wildman–Crippen LogP) is 2.49. The molecule has 0 aliphatic heterocycles. The molecule has 0 atom stereocenters. The maximum atomic E-state index is 10.8.